The Balaban J connectivity index is 2.18. The molecule has 1 aromatic rings. The molecule has 1 unspecified atom stereocenters. The zero-order valence-electron chi connectivity index (χ0n) is 10.7. The van der Waals surface area contributed by atoms with Crippen LogP contribution in [0, 0.1) is 5.41 Å². The number of carboxylic acids is 1. The molecule has 0 radical (unpaired) electrons. The van der Waals surface area contributed by atoms with Crippen LogP contribution in [0.15, 0.2) is 18.5 Å². The molecule has 0 bridgehead atoms. The Morgan fingerprint density at radius 1 is 1.42 bits per heavy atom. The SMILES string of the molecule is CC1(C(=O)O)CCCN(C(=O)c2cncc(O)c2)C1. The van der Waals surface area contributed by atoms with Gasteiger partial charge in [0.25, 0.3) is 5.91 Å². The van der Waals surface area contributed by atoms with Crippen molar-refractivity contribution < 1.29 is 19.8 Å². The number of piperidine rings is 1. The Bertz CT molecular complexity index is 517. The summed E-state index contributed by atoms with van der Waals surface area (Å²) in [5, 5.41) is 18.5. The molecule has 1 saturated heterocycles. The van der Waals surface area contributed by atoms with E-state index in [1.807, 2.05) is 0 Å². The van der Waals surface area contributed by atoms with Crippen molar-refractivity contribution in [3.63, 3.8) is 0 Å². The number of aromatic nitrogens is 1. The van der Waals surface area contributed by atoms with Crippen LogP contribution in [0.5, 0.6) is 5.75 Å². The van der Waals surface area contributed by atoms with Crippen LogP contribution in [0.1, 0.15) is 30.1 Å². The van der Waals surface area contributed by atoms with Crippen LogP contribution < -0.4 is 0 Å². The third-order valence-electron chi connectivity index (χ3n) is 3.47. The lowest BCUT2D eigenvalue weighted by atomic mass is 9.82. The highest BCUT2D eigenvalue weighted by Gasteiger charge is 2.39. The lowest BCUT2D eigenvalue weighted by molar-refractivity contribution is -0.150. The summed E-state index contributed by atoms with van der Waals surface area (Å²) in [6, 6.07) is 1.34. The summed E-state index contributed by atoms with van der Waals surface area (Å²) in [5.74, 6) is -1.27. The third-order valence-corrected chi connectivity index (χ3v) is 3.47. The fraction of sp³-hybridized carbons (Fsp3) is 0.462. The number of carbonyl (C=O) groups is 2. The van der Waals surface area contributed by atoms with Gasteiger partial charge in [0, 0.05) is 19.3 Å². The van der Waals surface area contributed by atoms with Gasteiger partial charge in [-0.25, -0.2) is 0 Å². The predicted molar refractivity (Wildman–Crippen MR) is 66.8 cm³/mol. The normalized spacial score (nSPS) is 23.1. The van der Waals surface area contributed by atoms with E-state index in [2.05, 4.69) is 4.98 Å². The van der Waals surface area contributed by atoms with Crippen molar-refractivity contribution in [1.29, 1.82) is 0 Å². The maximum absolute atomic E-state index is 12.2. The standard InChI is InChI=1S/C13H16N2O4/c1-13(12(18)19)3-2-4-15(8-13)11(17)9-5-10(16)7-14-6-9/h5-7,16H,2-4,8H2,1H3,(H,18,19). The minimum Gasteiger partial charge on any atom is -0.506 e. The van der Waals surface area contributed by atoms with Gasteiger partial charge in [0.05, 0.1) is 17.2 Å². The molecule has 2 N–H and O–H groups in total. The molecular weight excluding hydrogens is 248 g/mol. The highest BCUT2D eigenvalue weighted by atomic mass is 16.4. The van der Waals surface area contributed by atoms with E-state index in [9.17, 15) is 19.8 Å². The van der Waals surface area contributed by atoms with Gasteiger partial charge in [-0.15, -0.1) is 0 Å². The molecule has 1 aromatic heterocycles. The van der Waals surface area contributed by atoms with Crippen LogP contribution in [-0.2, 0) is 4.79 Å². The third kappa shape index (κ3) is 2.67. The van der Waals surface area contributed by atoms with E-state index in [0.717, 1.165) is 0 Å². The monoisotopic (exact) mass is 264 g/mol. The zero-order valence-corrected chi connectivity index (χ0v) is 10.7. The maximum Gasteiger partial charge on any atom is 0.311 e. The first-order chi connectivity index (χ1) is 8.92. The number of pyridine rings is 1. The number of carbonyl (C=O) groups excluding carboxylic acids is 1. The molecular formula is C13H16N2O4. The number of aliphatic carboxylic acids is 1. The number of amides is 1. The number of carboxylic acid groups (broad SMARTS) is 1. The zero-order chi connectivity index (χ0) is 14.0. The van der Waals surface area contributed by atoms with Crippen LogP contribution in [-0.4, -0.2) is 45.1 Å². The summed E-state index contributed by atoms with van der Waals surface area (Å²) < 4.78 is 0. The minimum atomic E-state index is -0.905. The van der Waals surface area contributed by atoms with Crippen molar-refractivity contribution in [3.8, 4) is 5.75 Å². The molecule has 0 spiro atoms. The van der Waals surface area contributed by atoms with Gasteiger partial charge in [-0.2, -0.15) is 0 Å². The quantitative estimate of drug-likeness (QED) is 0.835. The summed E-state index contributed by atoms with van der Waals surface area (Å²) in [4.78, 5) is 28.8. The number of nitrogens with zero attached hydrogens (tertiary/aromatic N) is 2. The summed E-state index contributed by atoms with van der Waals surface area (Å²) in [6.45, 7) is 2.35. The second-order valence-corrected chi connectivity index (χ2v) is 5.13. The molecule has 0 aliphatic carbocycles. The van der Waals surface area contributed by atoms with Gasteiger partial charge in [0.15, 0.2) is 0 Å². The van der Waals surface area contributed by atoms with Crippen LogP contribution in [0.3, 0.4) is 0 Å². The van der Waals surface area contributed by atoms with Crippen LogP contribution in [0.4, 0.5) is 0 Å². The van der Waals surface area contributed by atoms with Crippen LogP contribution >= 0.6 is 0 Å². The lowest BCUT2D eigenvalue weighted by Gasteiger charge is -2.37. The molecule has 6 nitrogen and oxygen atoms in total. The van der Waals surface area contributed by atoms with Crippen LogP contribution in [0.25, 0.3) is 0 Å². The predicted octanol–water partition coefficient (Wildman–Crippen LogP) is 1.11. The van der Waals surface area contributed by atoms with E-state index >= 15 is 0 Å². The molecule has 2 heterocycles. The fourth-order valence-corrected chi connectivity index (χ4v) is 2.31. The molecule has 1 aliphatic heterocycles. The van der Waals surface area contributed by atoms with Gasteiger partial charge < -0.3 is 15.1 Å². The average molecular weight is 264 g/mol. The van der Waals surface area contributed by atoms with E-state index in [4.69, 9.17) is 0 Å². The first kappa shape index (κ1) is 13.3. The first-order valence-corrected chi connectivity index (χ1v) is 6.09. The molecule has 0 saturated carbocycles. The topological polar surface area (TPSA) is 90.7 Å². The number of aromatic hydroxyl groups is 1. The molecule has 6 heteroatoms. The Hall–Kier alpha value is -2.11. The van der Waals surface area contributed by atoms with Gasteiger partial charge in [0.2, 0.25) is 0 Å². The second kappa shape index (κ2) is 4.87. The number of likely N-dealkylation sites (tertiary alicyclic amines) is 1. The summed E-state index contributed by atoms with van der Waals surface area (Å²) in [6.07, 6.45) is 3.83. The van der Waals surface area contributed by atoms with Crippen molar-refractivity contribution in [1.82, 2.24) is 9.88 Å². The Morgan fingerprint density at radius 2 is 2.16 bits per heavy atom. The summed E-state index contributed by atoms with van der Waals surface area (Å²) >= 11 is 0. The van der Waals surface area contributed by atoms with Gasteiger partial charge in [-0.1, -0.05) is 0 Å². The molecule has 0 aromatic carbocycles. The van der Waals surface area contributed by atoms with Crippen molar-refractivity contribution >= 4 is 11.9 Å². The fourth-order valence-electron chi connectivity index (χ4n) is 2.31. The smallest absolute Gasteiger partial charge is 0.311 e. The molecule has 1 aliphatic rings. The average Bonchev–Trinajstić information content (AvgIpc) is 2.38. The lowest BCUT2D eigenvalue weighted by Crippen LogP contribution is -2.48. The van der Waals surface area contributed by atoms with E-state index in [-0.39, 0.29) is 23.8 Å². The highest BCUT2D eigenvalue weighted by Crippen LogP contribution is 2.30. The molecule has 1 atom stereocenters. The van der Waals surface area contributed by atoms with Crippen LogP contribution in [0.2, 0.25) is 0 Å². The van der Waals surface area contributed by atoms with E-state index < -0.39 is 11.4 Å². The minimum absolute atomic E-state index is 0.0798. The molecule has 1 fully saturated rings. The van der Waals surface area contributed by atoms with E-state index in [1.165, 1.54) is 23.4 Å². The van der Waals surface area contributed by atoms with E-state index in [1.54, 1.807) is 6.92 Å². The molecule has 2 rings (SSSR count). The summed E-state index contributed by atoms with van der Waals surface area (Å²) in [7, 11) is 0. The number of hydrogen-bond donors (Lipinski definition) is 2. The molecule has 19 heavy (non-hydrogen) atoms. The van der Waals surface area contributed by atoms with Crippen molar-refractivity contribution in [2.24, 2.45) is 5.41 Å². The highest BCUT2D eigenvalue weighted by molar-refractivity contribution is 5.94. The van der Waals surface area contributed by atoms with Gasteiger partial charge in [-0.3, -0.25) is 14.6 Å². The second-order valence-electron chi connectivity index (χ2n) is 5.13. The summed E-state index contributed by atoms with van der Waals surface area (Å²) in [5.41, 5.74) is -0.632. The largest absolute Gasteiger partial charge is 0.506 e. The maximum atomic E-state index is 12.2. The van der Waals surface area contributed by atoms with Gasteiger partial charge in [0.1, 0.15) is 5.75 Å². The number of hydrogen-bond acceptors (Lipinski definition) is 4. The number of rotatable bonds is 2. The molecule has 1 amide bonds. The Labute approximate surface area is 110 Å². The van der Waals surface area contributed by atoms with Gasteiger partial charge >= 0.3 is 5.97 Å². The Morgan fingerprint density at radius 3 is 2.79 bits per heavy atom. The molecule has 102 valence electrons. The Kier molecular flexibility index (Phi) is 3.42. The van der Waals surface area contributed by atoms with Crippen molar-refractivity contribution in [2.45, 2.75) is 19.8 Å². The first-order valence-electron chi connectivity index (χ1n) is 6.09. The van der Waals surface area contributed by atoms with Crippen molar-refractivity contribution in [3.05, 3.63) is 24.0 Å². The van der Waals surface area contributed by atoms with Gasteiger partial charge in [-0.05, 0) is 25.8 Å². The van der Waals surface area contributed by atoms with Crippen molar-refractivity contribution in [2.75, 3.05) is 13.1 Å². The van der Waals surface area contributed by atoms with E-state index in [0.29, 0.717) is 19.4 Å².